The van der Waals surface area contributed by atoms with E-state index in [1.54, 1.807) is 31.2 Å². The first-order valence-electron chi connectivity index (χ1n) is 7.40. The Bertz CT molecular complexity index is 795. The van der Waals surface area contributed by atoms with E-state index in [1.165, 1.54) is 11.0 Å². The number of halogens is 1. The summed E-state index contributed by atoms with van der Waals surface area (Å²) in [7, 11) is 0. The average Bonchev–Trinajstić information content (AvgIpc) is 2.60. The van der Waals surface area contributed by atoms with Crippen molar-refractivity contribution >= 4 is 34.9 Å². The number of ether oxygens (including phenoxy) is 1. The van der Waals surface area contributed by atoms with Crippen LogP contribution >= 0.6 is 11.6 Å². The molecule has 0 saturated heterocycles. The molecule has 0 saturated carbocycles. The van der Waals surface area contributed by atoms with Crippen LogP contribution in [0.3, 0.4) is 0 Å². The van der Waals surface area contributed by atoms with Gasteiger partial charge in [0.25, 0.3) is 11.6 Å². The molecule has 2 rings (SSSR count). The predicted molar refractivity (Wildman–Crippen MR) is 92.9 cm³/mol. The summed E-state index contributed by atoms with van der Waals surface area (Å²) in [4.78, 5) is 36.1. The number of nitro groups is 1. The predicted octanol–water partition coefficient (Wildman–Crippen LogP) is 3.46. The smallest absolute Gasteiger partial charge is 0.345 e. The molecule has 0 radical (unpaired) electrons. The second-order valence-corrected chi connectivity index (χ2v) is 5.40. The number of carbonyl (C=O) groups is 2. The SMILES string of the molecule is CCN(C(=O)COC(=O)c1cc(Cl)ccc1[N+](=O)[O-])c1ccccc1. The van der Waals surface area contributed by atoms with Crippen LogP contribution in [0.25, 0.3) is 0 Å². The first kappa shape index (κ1) is 18.4. The van der Waals surface area contributed by atoms with Gasteiger partial charge in [-0.2, -0.15) is 0 Å². The highest BCUT2D eigenvalue weighted by Gasteiger charge is 2.23. The fraction of sp³-hybridized carbons (Fsp3) is 0.176. The second kappa shape index (κ2) is 8.25. The number of benzene rings is 2. The summed E-state index contributed by atoms with van der Waals surface area (Å²) in [5.74, 6) is -1.42. The van der Waals surface area contributed by atoms with Crippen molar-refractivity contribution < 1.29 is 19.2 Å². The Morgan fingerprint density at radius 1 is 1.20 bits per heavy atom. The molecule has 8 heteroatoms. The maximum atomic E-state index is 12.3. The Balaban J connectivity index is 2.10. The zero-order valence-electron chi connectivity index (χ0n) is 13.3. The number of anilines is 1. The van der Waals surface area contributed by atoms with E-state index in [1.807, 2.05) is 6.07 Å². The number of esters is 1. The summed E-state index contributed by atoms with van der Waals surface area (Å²) in [6.07, 6.45) is 0. The maximum absolute atomic E-state index is 12.3. The normalized spacial score (nSPS) is 10.2. The van der Waals surface area contributed by atoms with E-state index in [-0.39, 0.29) is 10.6 Å². The topological polar surface area (TPSA) is 89.8 Å². The number of para-hydroxylation sites is 1. The van der Waals surface area contributed by atoms with Crippen molar-refractivity contribution in [3.63, 3.8) is 0 Å². The standard InChI is InChI=1S/C17H15ClN2O5/c1-2-19(13-6-4-3-5-7-13)16(21)11-25-17(22)14-10-12(18)8-9-15(14)20(23)24/h3-10H,2,11H2,1H3. The van der Waals surface area contributed by atoms with Gasteiger partial charge in [-0.15, -0.1) is 0 Å². The van der Waals surface area contributed by atoms with Crippen LogP contribution < -0.4 is 4.90 Å². The lowest BCUT2D eigenvalue weighted by molar-refractivity contribution is -0.385. The quantitative estimate of drug-likeness (QED) is 0.446. The van der Waals surface area contributed by atoms with Crippen molar-refractivity contribution in [2.45, 2.75) is 6.92 Å². The zero-order valence-corrected chi connectivity index (χ0v) is 14.1. The Morgan fingerprint density at radius 2 is 1.88 bits per heavy atom. The van der Waals surface area contributed by atoms with Crippen molar-refractivity contribution in [2.75, 3.05) is 18.1 Å². The van der Waals surface area contributed by atoms with Gasteiger partial charge in [0, 0.05) is 23.3 Å². The molecule has 0 aromatic heterocycles. The molecule has 0 heterocycles. The van der Waals surface area contributed by atoms with E-state index in [0.717, 1.165) is 12.1 Å². The molecule has 130 valence electrons. The third kappa shape index (κ3) is 4.54. The van der Waals surface area contributed by atoms with E-state index in [9.17, 15) is 19.7 Å². The van der Waals surface area contributed by atoms with E-state index >= 15 is 0 Å². The van der Waals surface area contributed by atoms with Crippen LogP contribution in [0.5, 0.6) is 0 Å². The van der Waals surface area contributed by atoms with Crippen LogP contribution in [0.15, 0.2) is 48.5 Å². The zero-order chi connectivity index (χ0) is 18.4. The summed E-state index contributed by atoms with van der Waals surface area (Å²) in [5.41, 5.74) is -0.0647. The summed E-state index contributed by atoms with van der Waals surface area (Å²) < 4.78 is 4.95. The van der Waals surface area contributed by atoms with Crippen molar-refractivity contribution in [1.29, 1.82) is 0 Å². The van der Waals surface area contributed by atoms with E-state index in [2.05, 4.69) is 0 Å². The number of carbonyl (C=O) groups excluding carboxylic acids is 2. The molecule has 7 nitrogen and oxygen atoms in total. The van der Waals surface area contributed by atoms with Crippen molar-refractivity contribution in [1.82, 2.24) is 0 Å². The van der Waals surface area contributed by atoms with E-state index in [0.29, 0.717) is 12.2 Å². The second-order valence-electron chi connectivity index (χ2n) is 4.97. The summed E-state index contributed by atoms with van der Waals surface area (Å²) in [6, 6.07) is 12.5. The molecule has 1 amide bonds. The molecule has 0 aliphatic rings. The molecule has 2 aromatic carbocycles. The molecule has 25 heavy (non-hydrogen) atoms. The fourth-order valence-electron chi connectivity index (χ4n) is 2.22. The van der Waals surface area contributed by atoms with E-state index in [4.69, 9.17) is 16.3 Å². The molecule has 0 bridgehead atoms. The van der Waals surface area contributed by atoms with Gasteiger partial charge in [-0.3, -0.25) is 14.9 Å². The summed E-state index contributed by atoms with van der Waals surface area (Å²) in [5, 5.41) is 11.2. The molecule has 2 aromatic rings. The lowest BCUT2D eigenvalue weighted by Gasteiger charge is -2.20. The number of hydrogen-bond acceptors (Lipinski definition) is 5. The van der Waals surface area contributed by atoms with Crippen LogP contribution in [0.1, 0.15) is 17.3 Å². The van der Waals surface area contributed by atoms with Crippen LogP contribution in [-0.2, 0) is 9.53 Å². The van der Waals surface area contributed by atoms with Crippen LogP contribution in [0.4, 0.5) is 11.4 Å². The first-order chi connectivity index (χ1) is 11.9. The Morgan fingerprint density at radius 3 is 2.48 bits per heavy atom. The number of amides is 1. The minimum atomic E-state index is -0.980. The fourth-order valence-corrected chi connectivity index (χ4v) is 2.40. The van der Waals surface area contributed by atoms with Crippen LogP contribution in [0.2, 0.25) is 5.02 Å². The van der Waals surface area contributed by atoms with Crippen molar-refractivity contribution in [3.05, 3.63) is 69.2 Å². The number of likely N-dealkylation sites (N-methyl/N-ethyl adjacent to an activating group) is 1. The lowest BCUT2D eigenvalue weighted by Crippen LogP contribution is -2.34. The van der Waals surface area contributed by atoms with Gasteiger partial charge in [-0.05, 0) is 31.2 Å². The highest BCUT2D eigenvalue weighted by molar-refractivity contribution is 6.31. The highest BCUT2D eigenvalue weighted by atomic mass is 35.5. The molecular weight excluding hydrogens is 348 g/mol. The van der Waals surface area contributed by atoms with Crippen LogP contribution in [0, 0.1) is 10.1 Å². The molecule has 0 aliphatic heterocycles. The van der Waals surface area contributed by atoms with Gasteiger partial charge in [0.1, 0.15) is 5.56 Å². The maximum Gasteiger partial charge on any atom is 0.345 e. The van der Waals surface area contributed by atoms with Gasteiger partial charge in [-0.1, -0.05) is 29.8 Å². The van der Waals surface area contributed by atoms with E-state index < -0.39 is 29.1 Å². The van der Waals surface area contributed by atoms with Crippen LogP contribution in [-0.4, -0.2) is 30.0 Å². The first-order valence-corrected chi connectivity index (χ1v) is 7.78. The van der Waals surface area contributed by atoms with Gasteiger partial charge in [0.2, 0.25) is 0 Å². The van der Waals surface area contributed by atoms with Gasteiger partial charge in [0.15, 0.2) is 6.61 Å². The summed E-state index contributed by atoms with van der Waals surface area (Å²) >= 11 is 5.78. The van der Waals surface area contributed by atoms with Gasteiger partial charge in [0.05, 0.1) is 4.92 Å². The number of hydrogen-bond donors (Lipinski definition) is 0. The molecular formula is C17H15ClN2O5. The molecule has 0 aliphatic carbocycles. The third-order valence-electron chi connectivity index (χ3n) is 3.39. The molecule has 0 unspecified atom stereocenters. The highest BCUT2D eigenvalue weighted by Crippen LogP contribution is 2.23. The Labute approximate surface area is 148 Å². The minimum absolute atomic E-state index is 0.156. The lowest BCUT2D eigenvalue weighted by atomic mass is 10.2. The van der Waals surface area contributed by atoms with Gasteiger partial charge >= 0.3 is 5.97 Å². The monoisotopic (exact) mass is 362 g/mol. The Hall–Kier alpha value is -2.93. The number of rotatable bonds is 6. The van der Waals surface area contributed by atoms with Gasteiger partial charge in [-0.25, -0.2) is 4.79 Å². The molecule has 0 atom stereocenters. The third-order valence-corrected chi connectivity index (χ3v) is 3.62. The largest absolute Gasteiger partial charge is 0.452 e. The average molecular weight is 363 g/mol. The summed E-state index contributed by atoms with van der Waals surface area (Å²) in [6.45, 7) is 1.64. The van der Waals surface area contributed by atoms with Gasteiger partial charge < -0.3 is 9.64 Å². The number of nitrogens with zero attached hydrogens (tertiary/aromatic N) is 2. The number of nitro benzene ring substituents is 1. The molecule has 0 N–H and O–H groups in total. The molecule has 0 fully saturated rings. The van der Waals surface area contributed by atoms with Crippen molar-refractivity contribution in [3.8, 4) is 0 Å². The minimum Gasteiger partial charge on any atom is -0.452 e. The Kier molecular flexibility index (Phi) is 6.08. The van der Waals surface area contributed by atoms with Crippen molar-refractivity contribution in [2.24, 2.45) is 0 Å². The molecule has 0 spiro atoms.